The van der Waals surface area contributed by atoms with Crippen LogP contribution in [0.2, 0.25) is 0 Å². The number of thiophene rings is 1. The molecule has 1 fully saturated rings. The maximum atomic E-state index is 12.9. The average molecular weight is 329 g/mol. The Bertz CT molecular complexity index is 606. The van der Waals surface area contributed by atoms with E-state index in [-0.39, 0.29) is 5.91 Å². The van der Waals surface area contributed by atoms with Crippen molar-refractivity contribution in [3.05, 3.63) is 52.5 Å². The van der Waals surface area contributed by atoms with Crippen molar-refractivity contribution in [1.29, 1.82) is 0 Å². The number of pyridine rings is 1. The monoisotopic (exact) mass is 329 g/mol. The van der Waals surface area contributed by atoms with Crippen molar-refractivity contribution in [1.82, 2.24) is 14.8 Å². The van der Waals surface area contributed by atoms with E-state index in [2.05, 4.69) is 27.2 Å². The molecule has 2 aromatic heterocycles. The molecule has 122 valence electrons. The number of hydrogen-bond donors (Lipinski definition) is 0. The molecular formula is C18H23N3OS. The number of hydrogen-bond acceptors (Lipinski definition) is 4. The smallest absolute Gasteiger partial charge is 0.227 e. The molecule has 1 amide bonds. The topological polar surface area (TPSA) is 36.4 Å². The SMILES string of the molecule is CN1CCC(N(Cc2cccnc2)C(=O)Cc2ccsc2)CC1. The second-order valence-electron chi connectivity index (χ2n) is 6.23. The zero-order valence-electron chi connectivity index (χ0n) is 13.5. The molecule has 3 rings (SSSR count). The standard InChI is InChI=1S/C18H23N3OS/c1-20-8-4-17(5-9-20)21(13-16-3-2-7-19-12-16)18(22)11-15-6-10-23-14-15/h2-3,6-7,10,12,14,17H,4-5,8-9,11,13H2,1H3. The van der Waals surface area contributed by atoms with Crippen molar-refractivity contribution in [2.24, 2.45) is 0 Å². The first-order chi connectivity index (χ1) is 11.2. The minimum atomic E-state index is 0.224. The van der Waals surface area contributed by atoms with E-state index in [1.807, 2.05) is 29.8 Å². The van der Waals surface area contributed by atoms with Gasteiger partial charge in [-0.2, -0.15) is 11.3 Å². The van der Waals surface area contributed by atoms with Crippen LogP contribution < -0.4 is 0 Å². The Morgan fingerprint density at radius 3 is 2.83 bits per heavy atom. The summed E-state index contributed by atoms with van der Waals surface area (Å²) in [7, 11) is 2.15. The van der Waals surface area contributed by atoms with Crippen LogP contribution in [0, 0.1) is 0 Å². The molecule has 0 radical (unpaired) electrons. The van der Waals surface area contributed by atoms with Crippen LogP contribution in [-0.4, -0.2) is 46.9 Å². The van der Waals surface area contributed by atoms with E-state index in [1.165, 1.54) is 0 Å². The Morgan fingerprint density at radius 2 is 2.17 bits per heavy atom. The number of piperidine rings is 1. The first kappa shape index (κ1) is 16.1. The highest BCUT2D eigenvalue weighted by Gasteiger charge is 2.27. The average Bonchev–Trinajstić information content (AvgIpc) is 3.07. The second-order valence-corrected chi connectivity index (χ2v) is 7.01. The van der Waals surface area contributed by atoms with Crippen LogP contribution in [0.3, 0.4) is 0 Å². The number of rotatable bonds is 5. The minimum Gasteiger partial charge on any atom is -0.335 e. The third-order valence-electron chi connectivity index (χ3n) is 4.46. The molecule has 0 atom stereocenters. The van der Waals surface area contributed by atoms with Gasteiger partial charge in [0.05, 0.1) is 6.42 Å². The lowest BCUT2D eigenvalue weighted by atomic mass is 10.0. The summed E-state index contributed by atoms with van der Waals surface area (Å²) in [5.41, 5.74) is 2.22. The number of carbonyl (C=O) groups excluding carboxylic acids is 1. The summed E-state index contributed by atoms with van der Waals surface area (Å²) in [4.78, 5) is 21.5. The Hall–Kier alpha value is -1.72. The molecule has 0 saturated carbocycles. The number of likely N-dealkylation sites (tertiary alicyclic amines) is 1. The van der Waals surface area contributed by atoms with Crippen LogP contribution in [-0.2, 0) is 17.8 Å². The van der Waals surface area contributed by atoms with Crippen LogP contribution in [0.5, 0.6) is 0 Å². The van der Waals surface area contributed by atoms with Gasteiger partial charge in [0, 0.05) is 25.0 Å². The molecule has 0 N–H and O–H groups in total. The van der Waals surface area contributed by atoms with Gasteiger partial charge in [-0.1, -0.05) is 6.07 Å². The molecule has 0 aromatic carbocycles. The fourth-order valence-corrected chi connectivity index (χ4v) is 3.75. The van der Waals surface area contributed by atoms with Gasteiger partial charge in [-0.05, 0) is 67.0 Å². The molecule has 0 unspecified atom stereocenters. The van der Waals surface area contributed by atoms with Gasteiger partial charge >= 0.3 is 0 Å². The number of amides is 1. The number of nitrogens with zero attached hydrogens (tertiary/aromatic N) is 3. The Morgan fingerprint density at radius 1 is 1.35 bits per heavy atom. The lowest BCUT2D eigenvalue weighted by Gasteiger charge is -2.37. The molecule has 23 heavy (non-hydrogen) atoms. The fourth-order valence-electron chi connectivity index (χ4n) is 3.09. The van der Waals surface area contributed by atoms with E-state index < -0.39 is 0 Å². The first-order valence-corrected chi connectivity index (χ1v) is 9.04. The molecule has 1 aliphatic rings. The second kappa shape index (κ2) is 7.70. The van der Waals surface area contributed by atoms with Crippen LogP contribution in [0.1, 0.15) is 24.0 Å². The summed E-state index contributed by atoms with van der Waals surface area (Å²) in [5, 5.41) is 4.10. The van der Waals surface area contributed by atoms with Gasteiger partial charge in [-0.3, -0.25) is 9.78 Å². The van der Waals surface area contributed by atoms with E-state index in [1.54, 1.807) is 17.5 Å². The maximum Gasteiger partial charge on any atom is 0.227 e. The predicted octanol–water partition coefficient (Wildman–Crippen LogP) is 2.81. The van der Waals surface area contributed by atoms with Crippen molar-refractivity contribution < 1.29 is 4.79 Å². The highest BCUT2D eigenvalue weighted by atomic mass is 32.1. The molecule has 1 saturated heterocycles. The summed E-state index contributed by atoms with van der Waals surface area (Å²) in [5.74, 6) is 0.224. The minimum absolute atomic E-state index is 0.224. The van der Waals surface area contributed by atoms with Gasteiger partial charge in [-0.25, -0.2) is 0 Å². The van der Waals surface area contributed by atoms with Crippen molar-refractivity contribution in [2.75, 3.05) is 20.1 Å². The van der Waals surface area contributed by atoms with Crippen molar-refractivity contribution in [2.45, 2.75) is 31.8 Å². The molecule has 0 spiro atoms. The van der Waals surface area contributed by atoms with Gasteiger partial charge in [-0.15, -0.1) is 0 Å². The first-order valence-electron chi connectivity index (χ1n) is 8.10. The maximum absolute atomic E-state index is 12.9. The highest BCUT2D eigenvalue weighted by molar-refractivity contribution is 7.07. The molecule has 0 aliphatic carbocycles. The summed E-state index contributed by atoms with van der Waals surface area (Å²) >= 11 is 1.65. The normalized spacial score (nSPS) is 16.4. The molecule has 3 heterocycles. The summed E-state index contributed by atoms with van der Waals surface area (Å²) < 4.78 is 0. The van der Waals surface area contributed by atoms with Crippen LogP contribution in [0.15, 0.2) is 41.4 Å². The van der Waals surface area contributed by atoms with Crippen molar-refractivity contribution >= 4 is 17.2 Å². The Labute approximate surface area is 141 Å². The van der Waals surface area contributed by atoms with E-state index >= 15 is 0 Å². The molecular weight excluding hydrogens is 306 g/mol. The van der Waals surface area contributed by atoms with E-state index in [0.717, 1.165) is 37.1 Å². The van der Waals surface area contributed by atoms with Gasteiger partial charge in [0.1, 0.15) is 0 Å². The van der Waals surface area contributed by atoms with Crippen molar-refractivity contribution in [3.63, 3.8) is 0 Å². The van der Waals surface area contributed by atoms with E-state index in [9.17, 15) is 4.79 Å². The highest BCUT2D eigenvalue weighted by Crippen LogP contribution is 2.20. The quantitative estimate of drug-likeness (QED) is 0.846. The molecule has 4 nitrogen and oxygen atoms in total. The number of carbonyl (C=O) groups is 1. The fraction of sp³-hybridized carbons (Fsp3) is 0.444. The Kier molecular flexibility index (Phi) is 5.41. The number of aromatic nitrogens is 1. The van der Waals surface area contributed by atoms with Crippen LogP contribution >= 0.6 is 11.3 Å². The van der Waals surface area contributed by atoms with Crippen LogP contribution in [0.4, 0.5) is 0 Å². The molecule has 1 aliphatic heterocycles. The third kappa shape index (κ3) is 4.39. The summed E-state index contributed by atoms with van der Waals surface area (Å²) in [6.45, 7) is 2.77. The van der Waals surface area contributed by atoms with Gasteiger partial charge < -0.3 is 9.80 Å². The van der Waals surface area contributed by atoms with Gasteiger partial charge in [0.15, 0.2) is 0 Å². The molecule has 0 bridgehead atoms. The predicted molar refractivity (Wildman–Crippen MR) is 93.3 cm³/mol. The zero-order chi connectivity index (χ0) is 16.1. The zero-order valence-corrected chi connectivity index (χ0v) is 14.3. The molecule has 5 heteroatoms. The molecule has 2 aromatic rings. The lowest BCUT2D eigenvalue weighted by Crippen LogP contribution is -2.46. The van der Waals surface area contributed by atoms with E-state index in [4.69, 9.17) is 0 Å². The summed E-state index contributed by atoms with van der Waals surface area (Å²) in [6, 6.07) is 6.36. The lowest BCUT2D eigenvalue weighted by molar-refractivity contribution is -0.134. The van der Waals surface area contributed by atoms with Crippen molar-refractivity contribution in [3.8, 4) is 0 Å². The van der Waals surface area contributed by atoms with Gasteiger partial charge in [0.2, 0.25) is 5.91 Å². The largest absolute Gasteiger partial charge is 0.335 e. The van der Waals surface area contributed by atoms with Crippen LogP contribution in [0.25, 0.3) is 0 Å². The van der Waals surface area contributed by atoms with E-state index in [0.29, 0.717) is 19.0 Å². The van der Waals surface area contributed by atoms with Gasteiger partial charge in [0.25, 0.3) is 0 Å². The third-order valence-corrected chi connectivity index (χ3v) is 5.19. The Balaban J connectivity index is 1.73. The summed E-state index contributed by atoms with van der Waals surface area (Å²) in [6.07, 6.45) is 6.23.